The van der Waals surface area contributed by atoms with Gasteiger partial charge in [-0.25, -0.2) is 0 Å². The van der Waals surface area contributed by atoms with Gasteiger partial charge in [-0.3, -0.25) is 4.79 Å². The van der Waals surface area contributed by atoms with Gasteiger partial charge >= 0.3 is 0 Å². The normalized spacial score (nSPS) is 18.6. The fourth-order valence-corrected chi connectivity index (χ4v) is 2.36. The van der Waals surface area contributed by atoms with Crippen LogP contribution in [0.2, 0.25) is 0 Å². The van der Waals surface area contributed by atoms with Crippen LogP contribution in [0.4, 0.5) is 0 Å². The average Bonchev–Trinajstić information content (AvgIpc) is 2.90. The van der Waals surface area contributed by atoms with Crippen molar-refractivity contribution < 1.29 is 14.6 Å². The molecule has 19 heavy (non-hydrogen) atoms. The van der Waals surface area contributed by atoms with E-state index in [9.17, 15) is 4.79 Å². The number of rotatable bonds is 5. The number of benzene rings is 1. The number of nitrogens with zero attached hydrogens (tertiary/aromatic N) is 1. The predicted octanol–water partition coefficient (Wildman–Crippen LogP) is 1.47. The van der Waals surface area contributed by atoms with Crippen molar-refractivity contribution in [1.82, 2.24) is 4.90 Å². The molecule has 0 spiro atoms. The summed E-state index contributed by atoms with van der Waals surface area (Å²) in [5, 5.41) is 9.08. The lowest BCUT2D eigenvalue weighted by Gasteiger charge is -2.16. The van der Waals surface area contributed by atoms with E-state index in [2.05, 4.69) is 0 Å². The number of hydrogen-bond donors (Lipinski definition) is 1. The molecule has 1 aliphatic rings. The van der Waals surface area contributed by atoms with Crippen LogP contribution in [0.15, 0.2) is 24.3 Å². The lowest BCUT2D eigenvalue weighted by molar-refractivity contribution is -0.129. The third-order valence-corrected chi connectivity index (χ3v) is 3.49. The molecule has 1 atom stereocenters. The van der Waals surface area contributed by atoms with E-state index in [0.29, 0.717) is 19.6 Å². The number of aliphatic hydroxyl groups excluding tert-OH is 1. The van der Waals surface area contributed by atoms with Crippen molar-refractivity contribution in [3.63, 3.8) is 0 Å². The Morgan fingerprint density at radius 1 is 1.42 bits per heavy atom. The number of ether oxygens (including phenoxy) is 1. The number of aliphatic hydroxyl groups is 1. The quantitative estimate of drug-likeness (QED) is 0.875. The molecule has 1 heterocycles. The van der Waals surface area contributed by atoms with E-state index >= 15 is 0 Å². The summed E-state index contributed by atoms with van der Waals surface area (Å²) in [6.45, 7) is 4.22. The summed E-state index contributed by atoms with van der Waals surface area (Å²) in [5.41, 5.74) is 1.00. The maximum absolute atomic E-state index is 12.1. The second-order valence-corrected chi connectivity index (χ2v) is 4.93. The van der Waals surface area contributed by atoms with Gasteiger partial charge in [0, 0.05) is 25.6 Å². The molecule has 0 aromatic heterocycles. The van der Waals surface area contributed by atoms with Crippen molar-refractivity contribution in [1.29, 1.82) is 0 Å². The van der Waals surface area contributed by atoms with Gasteiger partial charge in [0.15, 0.2) is 0 Å². The molecule has 1 aliphatic heterocycles. The van der Waals surface area contributed by atoms with Crippen LogP contribution in [0.25, 0.3) is 0 Å². The van der Waals surface area contributed by atoms with E-state index in [1.54, 1.807) is 0 Å². The minimum absolute atomic E-state index is 0.139. The van der Waals surface area contributed by atoms with Gasteiger partial charge in [-0.1, -0.05) is 12.1 Å². The molecule has 4 nitrogen and oxygen atoms in total. The summed E-state index contributed by atoms with van der Waals surface area (Å²) in [7, 11) is 0. The number of carbonyl (C=O) groups is 1. The topological polar surface area (TPSA) is 49.8 Å². The molecule has 1 unspecified atom stereocenters. The molecule has 0 bridgehead atoms. The molecule has 2 rings (SSSR count). The number of amides is 1. The monoisotopic (exact) mass is 263 g/mol. The van der Waals surface area contributed by atoms with E-state index in [1.165, 1.54) is 0 Å². The second-order valence-electron chi connectivity index (χ2n) is 4.93. The van der Waals surface area contributed by atoms with Crippen LogP contribution in [-0.4, -0.2) is 42.2 Å². The van der Waals surface area contributed by atoms with Crippen molar-refractivity contribution in [2.75, 3.05) is 26.3 Å². The SMILES string of the molecule is CCOc1ccc(CC(=O)N2CCC(CO)C2)cc1. The van der Waals surface area contributed by atoms with Gasteiger partial charge < -0.3 is 14.7 Å². The molecule has 0 radical (unpaired) electrons. The third kappa shape index (κ3) is 3.70. The van der Waals surface area contributed by atoms with Crippen molar-refractivity contribution >= 4 is 5.91 Å². The first-order valence-corrected chi connectivity index (χ1v) is 6.83. The van der Waals surface area contributed by atoms with E-state index in [4.69, 9.17) is 9.84 Å². The van der Waals surface area contributed by atoms with Gasteiger partial charge in [0.1, 0.15) is 5.75 Å². The standard InChI is InChI=1S/C15H21NO3/c1-2-19-14-5-3-12(4-6-14)9-15(18)16-8-7-13(10-16)11-17/h3-6,13,17H,2,7-11H2,1H3. The minimum atomic E-state index is 0.139. The second kappa shape index (κ2) is 6.57. The minimum Gasteiger partial charge on any atom is -0.494 e. The van der Waals surface area contributed by atoms with Crippen LogP contribution in [-0.2, 0) is 11.2 Å². The van der Waals surface area contributed by atoms with Crippen LogP contribution in [0.3, 0.4) is 0 Å². The number of hydrogen-bond acceptors (Lipinski definition) is 3. The van der Waals surface area contributed by atoms with Gasteiger partial charge in [-0.05, 0) is 31.0 Å². The fourth-order valence-electron chi connectivity index (χ4n) is 2.36. The van der Waals surface area contributed by atoms with E-state index in [0.717, 1.165) is 24.3 Å². The van der Waals surface area contributed by atoms with Crippen molar-refractivity contribution in [3.05, 3.63) is 29.8 Å². The molecule has 0 saturated carbocycles. The Kier molecular flexibility index (Phi) is 4.80. The summed E-state index contributed by atoms with van der Waals surface area (Å²) in [4.78, 5) is 13.9. The van der Waals surface area contributed by atoms with E-state index < -0.39 is 0 Å². The molecule has 1 saturated heterocycles. The van der Waals surface area contributed by atoms with Crippen molar-refractivity contribution in [2.24, 2.45) is 5.92 Å². The highest BCUT2D eigenvalue weighted by atomic mass is 16.5. The maximum Gasteiger partial charge on any atom is 0.227 e. The smallest absolute Gasteiger partial charge is 0.227 e. The summed E-state index contributed by atoms with van der Waals surface area (Å²) in [5.74, 6) is 1.23. The number of carbonyl (C=O) groups excluding carboxylic acids is 1. The van der Waals surface area contributed by atoms with Crippen LogP contribution in [0.5, 0.6) is 5.75 Å². The summed E-state index contributed by atoms with van der Waals surface area (Å²) in [6, 6.07) is 7.66. The zero-order valence-electron chi connectivity index (χ0n) is 11.3. The van der Waals surface area contributed by atoms with Crippen LogP contribution < -0.4 is 4.74 Å². The highest BCUT2D eigenvalue weighted by Crippen LogP contribution is 2.18. The molecule has 1 fully saturated rings. The Balaban J connectivity index is 1.88. The first-order valence-electron chi connectivity index (χ1n) is 6.83. The van der Waals surface area contributed by atoms with Crippen LogP contribution >= 0.6 is 0 Å². The maximum atomic E-state index is 12.1. The molecule has 0 aliphatic carbocycles. The molecule has 1 N–H and O–H groups in total. The fraction of sp³-hybridized carbons (Fsp3) is 0.533. The first kappa shape index (κ1) is 13.9. The Morgan fingerprint density at radius 3 is 2.74 bits per heavy atom. The first-order chi connectivity index (χ1) is 9.22. The molecular weight excluding hydrogens is 242 g/mol. The summed E-state index contributed by atoms with van der Waals surface area (Å²) >= 11 is 0. The van der Waals surface area contributed by atoms with Gasteiger partial charge in [0.05, 0.1) is 13.0 Å². The van der Waals surface area contributed by atoms with Crippen molar-refractivity contribution in [2.45, 2.75) is 19.8 Å². The Bertz CT molecular complexity index is 416. The molecule has 104 valence electrons. The van der Waals surface area contributed by atoms with Gasteiger partial charge in [0.2, 0.25) is 5.91 Å². The highest BCUT2D eigenvalue weighted by Gasteiger charge is 2.25. The Morgan fingerprint density at radius 2 is 2.16 bits per heavy atom. The molecule has 1 aromatic rings. The summed E-state index contributed by atoms with van der Waals surface area (Å²) in [6.07, 6.45) is 1.33. The van der Waals surface area contributed by atoms with Crippen molar-refractivity contribution in [3.8, 4) is 5.75 Å². The van der Waals surface area contributed by atoms with Crippen LogP contribution in [0, 0.1) is 5.92 Å². The third-order valence-electron chi connectivity index (χ3n) is 3.49. The lowest BCUT2D eigenvalue weighted by Crippen LogP contribution is -2.30. The summed E-state index contributed by atoms with van der Waals surface area (Å²) < 4.78 is 5.37. The molecule has 1 amide bonds. The van der Waals surface area contributed by atoms with E-state index in [-0.39, 0.29) is 18.4 Å². The Labute approximate surface area is 114 Å². The predicted molar refractivity (Wildman–Crippen MR) is 73.1 cm³/mol. The zero-order chi connectivity index (χ0) is 13.7. The number of likely N-dealkylation sites (tertiary alicyclic amines) is 1. The van der Waals surface area contributed by atoms with Gasteiger partial charge in [-0.15, -0.1) is 0 Å². The lowest BCUT2D eigenvalue weighted by atomic mass is 10.1. The average molecular weight is 263 g/mol. The van der Waals surface area contributed by atoms with Crippen LogP contribution in [0.1, 0.15) is 18.9 Å². The molecular formula is C15H21NO3. The molecule has 4 heteroatoms. The highest BCUT2D eigenvalue weighted by molar-refractivity contribution is 5.79. The van der Waals surface area contributed by atoms with Gasteiger partial charge in [-0.2, -0.15) is 0 Å². The Hall–Kier alpha value is -1.55. The van der Waals surface area contributed by atoms with E-state index in [1.807, 2.05) is 36.1 Å². The van der Waals surface area contributed by atoms with Gasteiger partial charge in [0.25, 0.3) is 0 Å². The zero-order valence-corrected chi connectivity index (χ0v) is 11.3. The largest absolute Gasteiger partial charge is 0.494 e. The molecule has 1 aromatic carbocycles.